The number of aromatic nitrogens is 2. The molecule has 1 amide bonds. The van der Waals surface area contributed by atoms with Gasteiger partial charge in [-0.25, -0.2) is 0 Å². The van der Waals surface area contributed by atoms with Crippen LogP contribution in [-0.2, 0) is 4.79 Å². The molecule has 0 atom stereocenters. The molecule has 2 aromatic carbocycles. The summed E-state index contributed by atoms with van der Waals surface area (Å²) in [5, 5.41) is 6.31. The van der Waals surface area contributed by atoms with Crippen molar-refractivity contribution >= 4 is 11.9 Å². The summed E-state index contributed by atoms with van der Waals surface area (Å²) in [4.78, 5) is 16.1. The van der Waals surface area contributed by atoms with E-state index >= 15 is 0 Å². The maximum atomic E-state index is 11.9. The van der Waals surface area contributed by atoms with E-state index in [1.807, 2.05) is 42.5 Å². The van der Waals surface area contributed by atoms with Gasteiger partial charge in [0.2, 0.25) is 0 Å². The average Bonchev–Trinajstić information content (AvgIpc) is 3.16. The Labute approximate surface area is 157 Å². The largest absolute Gasteiger partial charge is 0.494 e. The van der Waals surface area contributed by atoms with E-state index in [9.17, 15) is 4.79 Å². The topological polar surface area (TPSA) is 86.5 Å². The van der Waals surface area contributed by atoms with Gasteiger partial charge in [-0.2, -0.15) is 4.98 Å². The Morgan fingerprint density at radius 1 is 1.04 bits per heavy atom. The van der Waals surface area contributed by atoms with Gasteiger partial charge >= 0.3 is 0 Å². The van der Waals surface area contributed by atoms with E-state index in [1.54, 1.807) is 12.1 Å². The number of hydrogen-bond acceptors (Lipinski definition) is 6. The number of carbonyl (C=O) groups excluding carboxylic acids is 1. The quantitative estimate of drug-likeness (QED) is 0.577. The van der Waals surface area contributed by atoms with Crippen LogP contribution in [0.1, 0.15) is 19.8 Å². The Balaban J connectivity index is 1.52. The maximum Gasteiger partial charge on any atom is 0.270 e. The fourth-order valence-electron chi connectivity index (χ4n) is 2.25. The van der Waals surface area contributed by atoms with Crippen LogP contribution in [0.2, 0.25) is 0 Å². The van der Waals surface area contributed by atoms with Gasteiger partial charge in [0.05, 0.1) is 6.61 Å². The number of rotatable bonds is 9. The molecule has 27 heavy (non-hydrogen) atoms. The molecule has 7 heteroatoms. The van der Waals surface area contributed by atoms with Crippen molar-refractivity contribution in [2.45, 2.75) is 19.8 Å². The highest BCUT2D eigenvalue weighted by Crippen LogP contribution is 2.22. The summed E-state index contributed by atoms with van der Waals surface area (Å²) < 4.78 is 16.2. The van der Waals surface area contributed by atoms with Gasteiger partial charge in [-0.1, -0.05) is 31.5 Å². The van der Waals surface area contributed by atoms with Crippen LogP contribution in [0.25, 0.3) is 11.5 Å². The zero-order chi connectivity index (χ0) is 18.9. The predicted molar refractivity (Wildman–Crippen MR) is 101 cm³/mol. The van der Waals surface area contributed by atoms with E-state index in [1.165, 1.54) is 0 Å². The number of amides is 1. The number of carbonyl (C=O) groups is 1. The monoisotopic (exact) mass is 367 g/mol. The number of anilines is 1. The lowest BCUT2D eigenvalue weighted by atomic mass is 10.2. The van der Waals surface area contributed by atoms with E-state index in [4.69, 9.17) is 14.0 Å². The third kappa shape index (κ3) is 5.57. The first-order chi connectivity index (χ1) is 13.2. The van der Waals surface area contributed by atoms with Crippen molar-refractivity contribution in [3.8, 4) is 23.0 Å². The minimum atomic E-state index is -0.370. The second-order valence-corrected chi connectivity index (χ2v) is 5.80. The van der Waals surface area contributed by atoms with Crippen LogP contribution in [0.4, 0.5) is 5.95 Å². The molecule has 1 heterocycles. The van der Waals surface area contributed by atoms with Gasteiger partial charge in [-0.15, -0.1) is 0 Å². The van der Waals surface area contributed by atoms with E-state index in [0.29, 0.717) is 18.2 Å². The van der Waals surface area contributed by atoms with Gasteiger partial charge < -0.3 is 14.0 Å². The molecule has 0 unspecified atom stereocenters. The molecular weight excluding hydrogens is 346 g/mol. The van der Waals surface area contributed by atoms with Crippen LogP contribution in [0.15, 0.2) is 59.1 Å². The highest BCUT2D eigenvalue weighted by molar-refractivity contribution is 5.90. The normalized spacial score (nSPS) is 10.4. The first kappa shape index (κ1) is 18.4. The number of unbranched alkanes of at least 4 members (excludes halogenated alkanes) is 1. The third-order valence-corrected chi connectivity index (χ3v) is 3.66. The summed E-state index contributed by atoms with van der Waals surface area (Å²) in [6.45, 7) is 2.67. The Bertz CT molecular complexity index is 847. The molecule has 0 aliphatic carbocycles. The number of ether oxygens (including phenoxy) is 2. The molecule has 0 saturated carbocycles. The summed E-state index contributed by atoms with van der Waals surface area (Å²) in [6.07, 6.45) is 2.10. The molecular formula is C20H21N3O4. The van der Waals surface area contributed by atoms with Crippen LogP contribution in [0.3, 0.4) is 0 Å². The number of benzene rings is 2. The Hall–Kier alpha value is -3.35. The Morgan fingerprint density at radius 2 is 1.78 bits per heavy atom. The first-order valence-corrected chi connectivity index (χ1v) is 8.79. The summed E-state index contributed by atoms with van der Waals surface area (Å²) in [7, 11) is 0. The van der Waals surface area contributed by atoms with E-state index in [-0.39, 0.29) is 18.5 Å². The van der Waals surface area contributed by atoms with Gasteiger partial charge in [0.15, 0.2) is 6.61 Å². The smallest absolute Gasteiger partial charge is 0.270 e. The summed E-state index contributed by atoms with van der Waals surface area (Å²) in [5.41, 5.74) is 0.742. The summed E-state index contributed by atoms with van der Waals surface area (Å²) in [5.74, 6) is 1.44. The van der Waals surface area contributed by atoms with Crippen molar-refractivity contribution in [1.82, 2.24) is 10.1 Å². The number of nitrogens with one attached hydrogen (secondary N) is 1. The molecule has 140 valence electrons. The maximum absolute atomic E-state index is 11.9. The average molecular weight is 367 g/mol. The lowest BCUT2D eigenvalue weighted by molar-refractivity contribution is -0.118. The van der Waals surface area contributed by atoms with E-state index in [0.717, 1.165) is 24.2 Å². The fourth-order valence-corrected chi connectivity index (χ4v) is 2.25. The predicted octanol–water partition coefficient (Wildman–Crippen LogP) is 3.93. The first-order valence-electron chi connectivity index (χ1n) is 8.79. The summed E-state index contributed by atoms with van der Waals surface area (Å²) >= 11 is 0. The lowest BCUT2D eigenvalue weighted by Gasteiger charge is -2.05. The molecule has 0 radical (unpaired) electrons. The minimum Gasteiger partial charge on any atom is -0.494 e. The van der Waals surface area contributed by atoms with Crippen molar-refractivity contribution in [3.63, 3.8) is 0 Å². The molecule has 0 aliphatic heterocycles. The van der Waals surface area contributed by atoms with Crippen LogP contribution in [-0.4, -0.2) is 29.3 Å². The standard InChI is InChI=1S/C20H21N3O4/c1-2-3-13-25-17-11-9-15(10-12-17)19-22-20(23-27-19)21-18(24)14-26-16-7-5-4-6-8-16/h4-12H,2-3,13-14H2,1H3,(H,21,23,24). The fraction of sp³-hybridized carbons (Fsp3) is 0.250. The molecule has 3 aromatic rings. The van der Waals surface area contributed by atoms with Crippen molar-refractivity contribution in [3.05, 3.63) is 54.6 Å². The zero-order valence-corrected chi connectivity index (χ0v) is 15.1. The highest BCUT2D eigenvalue weighted by atomic mass is 16.5. The van der Waals surface area contributed by atoms with Crippen LogP contribution >= 0.6 is 0 Å². The van der Waals surface area contributed by atoms with Gasteiger partial charge in [-0.3, -0.25) is 10.1 Å². The van der Waals surface area contributed by atoms with Gasteiger partial charge in [0, 0.05) is 5.56 Å². The highest BCUT2D eigenvalue weighted by Gasteiger charge is 2.12. The second kappa shape index (κ2) is 9.38. The summed E-state index contributed by atoms with van der Waals surface area (Å²) in [6, 6.07) is 16.4. The van der Waals surface area contributed by atoms with Crippen LogP contribution < -0.4 is 14.8 Å². The third-order valence-electron chi connectivity index (χ3n) is 3.66. The molecule has 0 fully saturated rings. The molecule has 3 rings (SSSR count). The van der Waals surface area contributed by atoms with E-state index < -0.39 is 0 Å². The molecule has 1 N–H and O–H groups in total. The minimum absolute atomic E-state index is 0.0925. The van der Waals surface area contributed by atoms with Crippen molar-refractivity contribution in [2.75, 3.05) is 18.5 Å². The molecule has 1 aromatic heterocycles. The van der Waals surface area contributed by atoms with Crippen molar-refractivity contribution < 1.29 is 18.8 Å². The number of para-hydroxylation sites is 1. The Kier molecular flexibility index (Phi) is 6.40. The lowest BCUT2D eigenvalue weighted by Crippen LogP contribution is -2.20. The van der Waals surface area contributed by atoms with Crippen molar-refractivity contribution in [2.24, 2.45) is 0 Å². The van der Waals surface area contributed by atoms with Gasteiger partial charge in [-0.05, 0) is 48.0 Å². The van der Waals surface area contributed by atoms with Crippen LogP contribution in [0, 0.1) is 0 Å². The van der Waals surface area contributed by atoms with Crippen LogP contribution in [0.5, 0.6) is 11.5 Å². The number of nitrogens with zero attached hydrogens (tertiary/aromatic N) is 2. The van der Waals surface area contributed by atoms with E-state index in [2.05, 4.69) is 22.4 Å². The van der Waals surface area contributed by atoms with Gasteiger partial charge in [0.1, 0.15) is 11.5 Å². The molecule has 0 bridgehead atoms. The Morgan fingerprint density at radius 3 is 2.52 bits per heavy atom. The molecule has 0 spiro atoms. The second-order valence-electron chi connectivity index (χ2n) is 5.80. The number of hydrogen-bond donors (Lipinski definition) is 1. The molecule has 0 aliphatic rings. The molecule has 0 saturated heterocycles. The molecule has 7 nitrogen and oxygen atoms in total. The zero-order valence-electron chi connectivity index (χ0n) is 15.1. The van der Waals surface area contributed by atoms with Crippen molar-refractivity contribution in [1.29, 1.82) is 0 Å². The SMILES string of the molecule is CCCCOc1ccc(-c2nc(NC(=O)COc3ccccc3)no2)cc1. The van der Waals surface area contributed by atoms with Gasteiger partial charge in [0.25, 0.3) is 17.7 Å².